The number of nitrogens with one attached hydrogen (secondary N) is 1. The van der Waals surface area contributed by atoms with Crippen LogP contribution in [0.2, 0.25) is 5.02 Å². The van der Waals surface area contributed by atoms with Crippen molar-refractivity contribution in [3.63, 3.8) is 0 Å². The van der Waals surface area contributed by atoms with Crippen LogP contribution in [0.25, 0.3) is 0 Å². The third-order valence-electron chi connectivity index (χ3n) is 3.51. The second-order valence-corrected chi connectivity index (χ2v) is 5.43. The summed E-state index contributed by atoms with van der Waals surface area (Å²) in [6.07, 6.45) is 0. The van der Waals surface area contributed by atoms with Gasteiger partial charge in [0, 0.05) is 37.3 Å². The molecule has 110 valence electrons. The summed E-state index contributed by atoms with van der Waals surface area (Å²) >= 11 is 6.06. The van der Waals surface area contributed by atoms with Crippen LogP contribution < -0.4 is 10.1 Å². The van der Waals surface area contributed by atoms with E-state index in [0.717, 1.165) is 31.7 Å². The Hall–Kier alpha value is -1.46. The number of rotatable bonds is 2. The predicted octanol–water partition coefficient (Wildman–Crippen LogP) is 2.44. The van der Waals surface area contributed by atoms with E-state index < -0.39 is 0 Å². The molecule has 1 N–H and O–H groups in total. The average Bonchev–Trinajstić information content (AvgIpc) is 2.43. The fraction of sp³-hybridized carbons (Fsp3) is 0.500. The molecule has 0 atom stereocenters. The minimum absolute atomic E-state index is 0.0990. The largest absolute Gasteiger partial charge is 0.495 e. The number of methoxy groups -OCH3 is 1. The predicted molar refractivity (Wildman–Crippen MR) is 80.8 cm³/mol. The first kappa shape index (κ1) is 14.9. The van der Waals surface area contributed by atoms with Crippen LogP contribution in [0.4, 0.5) is 10.5 Å². The van der Waals surface area contributed by atoms with Gasteiger partial charge in [0.05, 0.1) is 12.8 Å². The van der Waals surface area contributed by atoms with Gasteiger partial charge in [-0.15, -0.1) is 0 Å². The third-order valence-corrected chi connectivity index (χ3v) is 3.92. The molecule has 0 saturated carbocycles. The first-order chi connectivity index (χ1) is 9.51. The molecule has 0 spiro atoms. The van der Waals surface area contributed by atoms with Crippen molar-refractivity contribution in [3.8, 4) is 5.75 Å². The van der Waals surface area contributed by atoms with E-state index >= 15 is 0 Å². The summed E-state index contributed by atoms with van der Waals surface area (Å²) in [5, 5.41) is 3.52. The summed E-state index contributed by atoms with van der Waals surface area (Å²) in [4.78, 5) is 16.3. The maximum Gasteiger partial charge on any atom is 0.322 e. The Balaban J connectivity index is 2.09. The number of aryl methyl sites for hydroxylation is 1. The van der Waals surface area contributed by atoms with E-state index in [0.29, 0.717) is 16.5 Å². The molecule has 5 nitrogen and oxygen atoms in total. The van der Waals surface area contributed by atoms with Crippen LogP contribution in [0.1, 0.15) is 5.56 Å². The van der Waals surface area contributed by atoms with Crippen LogP contribution in [0.15, 0.2) is 12.1 Å². The highest BCUT2D eigenvalue weighted by Crippen LogP contribution is 2.31. The van der Waals surface area contributed by atoms with Gasteiger partial charge in [0.2, 0.25) is 0 Å². The van der Waals surface area contributed by atoms with E-state index in [4.69, 9.17) is 16.3 Å². The van der Waals surface area contributed by atoms with Gasteiger partial charge >= 0.3 is 6.03 Å². The van der Waals surface area contributed by atoms with E-state index in [2.05, 4.69) is 17.3 Å². The van der Waals surface area contributed by atoms with Gasteiger partial charge in [0.25, 0.3) is 0 Å². The topological polar surface area (TPSA) is 44.8 Å². The second-order valence-electron chi connectivity index (χ2n) is 5.02. The van der Waals surface area contributed by atoms with Gasteiger partial charge in [-0.2, -0.15) is 0 Å². The maximum atomic E-state index is 12.2. The lowest BCUT2D eigenvalue weighted by atomic mass is 10.2. The van der Waals surface area contributed by atoms with Crippen molar-refractivity contribution in [3.05, 3.63) is 22.7 Å². The van der Waals surface area contributed by atoms with Crippen LogP contribution >= 0.6 is 11.6 Å². The van der Waals surface area contributed by atoms with Gasteiger partial charge in [0.1, 0.15) is 5.75 Å². The summed E-state index contributed by atoms with van der Waals surface area (Å²) < 4.78 is 5.26. The van der Waals surface area contributed by atoms with Gasteiger partial charge in [0.15, 0.2) is 0 Å². The molecule has 1 aliphatic rings. The molecular weight excluding hydrogens is 278 g/mol. The van der Waals surface area contributed by atoms with Crippen LogP contribution in [-0.2, 0) is 0 Å². The van der Waals surface area contributed by atoms with E-state index in [1.165, 1.54) is 0 Å². The smallest absolute Gasteiger partial charge is 0.322 e. The summed E-state index contributed by atoms with van der Waals surface area (Å²) in [5.74, 6) is 0.572. The van der Waals surface area contributed by atoms with E-state index in [-0.39, 0.29) is 6.03 Å². The Morgan fingerprint density at radius 1 is 1.30 bits per heavy atom. The van der Waals surface area contributed by atoms with Crippen molar-refractivity contribution in [1.82, 2.24) is 9.80 Å². The number of nitrogens with zero attached hydrogens (tertiary/aromatic N) is 2. The number of benzene rings is 1. The van der Waals surface area contributed by atoms with Crippen molar-refractivity contribution >= 4 is 23.3 Å². The highest BCUT2D eigenvalue weighted by atomic mass is 35.5. The summed E-state index contributed by atoms with van der Waals surface area (Å²) in [7, 11) is 3.62. The van der Waals surface area contributed by atoms with Gasteiger partial charge < -0.3 is 19.9 Å². The van der Waals surface area contributed by atoms with Gasteiger partial charge in [-0.1, -0.05) is 11.6 Å². The number of carbonyl (C=O) groups is 1. The molecule has 0 radical (unpaired) electrons. The Morgan fingerprint density at radius 3 is 2.55 bits per heavy atom. The molecule has 0 unspecified atom stereocenters. The number of ether oxygens (including phenoxy) is 1. The molecule has 1 fully saturated rings. The van der Waals surface area contributed by atoms with Crippen molar-refractivity contribution in [1.29, 1.82) is 0 Å². The zero-order valence-electron chi connectivity index (χ0n) is 12.1. The van der Waals surface area contributed by atoms with Gasteiger partial charge in [-0.3, -0.25) is 0 Å². The molecule has 0 aliphatic carbocycles. The van der Waals surface area contributed by atoms with E-state index in [1.807, 2.05) is 17.9 Å². The van der Waals surface area contributed by atoms with E-state index in [1.54, 1.807) is 13.2 Å². The van der Waals surface area contributed by atoms with Crippen molar-refractivity contribution < 1.29 is 9.53 Å². The minimum Gasteiger partial charge on any atom is -0.495 e. The molecule has 0 aromatic heterocycles. The van der Waals surface area contributed by atoms with E-state index in [9.17, 15) is 4.79 Å². The number of amides is 2. The van der Waals surface area contributed by atoms with Crippen molar-refractivity contribution in [2.45, 2.75) is 6.92 Å². The minimum atomic E-state index is -0.0990. The van der Waals surface area contributed by atoms with Crippen LogP contribution in [0, 0.1) is 6.92 Å². The SMILES string of the molecule is COc1cc(Cl)c(C)cc1NC(=O)N1CCN(C)CC1. The van der Waals surface area contributed by atoms with Crippen LogP contribution in [-0.4, -0.2) is 56.2 Å². The monoisotopic (exact) mass is 297 g/mol. The Kier molecular flexibility index (Phi) is 4.73. The highest BCUT2D eigenvalue weighted by molar-refractivity contribution is 6.31. The lowest BCUT2D eigenvalue weighted by molar-refractivity contribution is 0.164. The Bertz CT molecular complexity index is 499. The highest BCUT2D eigenvalue weighted by Gasteiger charge is 2.20. The molecule has 6 heteroatoms. The van der Waals surface area contributed by atoms with Crippen LogP contribution in [0.3, 0.4) is 0 Å². The lowest BCUT2D eigenvalue weighted by Gasteiger charge is -2.32. The molecule has 2 amide bonds. The number of urea groups is 1. The summed E-state index contributed by atoms with van der Waals surface area (Å²) in [6.45, 7) is 5.15. The molecule has 1 heterocycles. The standard InChI is InChI=1S/C14H20ClN3O2/c1-10-8-12(13(20-3)9-11(10)15)16-14(19)18-6-4-17(2)5-7-18/h8-9H,4-7H2,1-3H3,(H,16,19). The maximum absolute atomic E-state index is 12.2. The second kappa shape index (κ2) is 6.33. The Labute approximate surface area is 124 Å². The first-order valence-electron chi connectivity index (χ1n) is 6.60. The first-order valence-corrected chi connectivity index (χ1v) is 6.97. The number of halogens is 1. The van der Waals surface area contributed by atoms with Crippen molar-refractivity contribution in [2.24, 2.45) is 0 Å². The molecule has 1 aromatic carbocycles. The number of anilines is 1. The molecule has 1 aliphatic heterocycles. The summed E-state index contributed by atoms with van der Waals surface area (Å²) in [6, 6.07) is 3.45. The average molecular weight is 298 g/mol. The summed E-state index contributed by atoms with van der Waals surface area (Å²) in [5.41, 5.74) is 1.56. The number of carbonyl (C=O) groups excluding carboxylic acids is 1. The zero-order valence-corrected chi connectivity index (χ0v) is 12.8. The van der Waals surface area contributed by atoms with Crippen LogP contribution in [0.5, 0.6) is 5.75 Å². The number of hydrogen-bond acceptors (Lipinski definition) is 3. The molecular formula is C14H20ClN3O2. The third kappa shape index (κ3) is 3.35. The quantitative estimate of drug-likeness (QED) is 0.912. The van der Waals surface area contributed by atoms with Crippen molar-refractivity contribution in [2.75, 3.05) is 45.7 Å². The normalized spacial score (nSPS) is 16.1. The molecule has 1 saturated heterocycles. The Morgan fingerprint density at radius 2 is 1.95 bits per heavy atom. The number of likely N-dealkylation sites (N-methyl/N-ethyl adjacent to an activating group) is 1. The zero-order chi connectivity index (χ0) is 14.7. The molecule has 0 bridgehead atoms. The van der Waals surface area contributed by atoms with Gasteiger partial charge in [-0.25, -0.2) is 4.79 Å². The molecule has 1 aromatic rings. The number of piperazine rings is 1. The van der Waals surface area contributed by atoms with Gasteiger partial charge in [-0.05, 0) is 25.6 Å². The molecule has 20 heavy (non-hydrogen) atoms. The lowest BCUT2D eigenvalue weighted by Crippen LogP contribution is -2.48. The number of hydrogen-bond donors (Lipinski definition) is 1. The fourth-order valence-corrected chi connectivity index (χ4v) is 2.29. The fourth-order valence-electron chi connectivity index (χ4n) is 2.13. The molecule has 2 rings (SSSR count).